The molecule has 0 bridgehead atoms. The smallest absolute Gasteiger partial charge is 0.260 e. The Hall–Kier alpha value is -2.93. The van der Waals surface area contributed by atoms with Gasteiger partial charge in [0, 0.05) is 34.7 Å². The Labute approximate surface area is 153 Å². The van der Waals surface area contributed by atoms with Gasteiger partial charge in [-0.25, -0.2) is 24.3 Å². The van der Waals surface area contributed by atoms with Crippen LogP contribution in [0.1, 0.15) is 35.3 Å². The zero-order chi connectivity index (χ0) is 18.3. The van der Waals surface area contributed by atoms with E-state index in [9.17, 15) is 9.18 Å². The second-order valence-electron chi connectivity index (χ2n) is 5.76. The van der Waals surface area contributed by atoms with E-state index in [2.05, 4.69) is 19.9 Å². The lowest BCUT2D eigenvalue weighted by atomic mass is 10.0. The fourth-order valence-corrected chi connectivity index (χ4v) is 3.36. The summed E-state index contributed by atoms with van der Waals surface area (Å²) >= 11 is 5.93. The number of amides is 1. The molecule has 0 aliphatic carbocycles. The van der Waals surface area contributed by atoms with E-state index < -0.39 is 11.9 Å². The number of carbonyl (C=O) groups is 1. The van der Waals surface area contributed by atoms with Crippen LogP contribution in [0.4, 0.5) is 10.2 Å². The third-order valence-corrected chi connectivity index (χ3v) is 4.45. The van der Waals surface area contributed by atoms with Crippen molar-refractivity contribution >= 4 is 23.3 Å². The second-order valence-corrected chi connectivity index (χ2v) is 6.20. The summed E-state index contributed by atoms with van der Waals surface area (Å²) in [6.07, 6.45) is 5.22. The van der Waals surface area contributed by atoms with Gasteiger partial charge in [-0.3, -0.25) is 9.69 Å². The predicted octanol–water partition coefficient (Wildman–Crippen LogP) is 3.84. The molecule has 130 valence electrons. The normalized spacial score (nSPS) is 16.0. The molecule has 0 fully saturated rings. The lowest BCUT2D eigenvalue weighted by Gasteiger charge is -2.23. The molecule has 8 heteroatoms. The maximum atomic E-state index is 14.5. The number of nitrogens with zero attached hydrogens (tertiary/aromatic N) is 5. The van der Waals surface area contributed by atoms with E-state index >= 15 is 0 Å². The van der Waals surface area contributed by atoms with Gasteiger partial charge < -0.3 is 0 Å². The van der Waals surface area contributed by atoms with Gasteiger partial charge in [-0.15, -0.1) is 0 Å². The molecule has 0 spiro atoms. The van der Waals surface area contributed by atoms with Crippen LogP contribution in [0.3, 0.4) is 0 Å². The van der Waals surface area contributed by atoms with Crippen molar-refractivity contribution in [2.45, 2.75) is 19.4 Å². The summed E-state index contributed by atoms with van der Waals surface area (Å²) in [5, 5.41) is 0.187. The van der Waals surface area contributed by atoms with Crippen LogP contribution < -0.4 is 4.90 Å². The van der Waals surface area contributed by atoms with Gasteiger partial charge in [-0.2, -0.15) is 0 Å². The molecule has 1 aliphatic rings. The minimum atomic E-state index is -0.490. The van der Waals surface area contributed by atoms with E-state index in [0.29, 0.717) is 29.5 Å². The first-order valence-corrected chi connectivity index (χ1v) is 8.41. The summed E-state index contributed by atoms with van der Waals surface area (Å²) in [5.74, 6) is 0.176. The molecule has 1 amide bonds. The van der Waals surface area contributed by atoms with Crippen molar-refractivity contribution in [2.24, 2.45) is 0 Å². The Balaban J connectivity index is 1.81. The maximum absolute atomic E-state index is 14.5. The van der Waals surface area contributed by atoms with Crippen LogP contribution in [0.2, 0.25) is 5.02 Å². The van der Waals surface area contributed by atoms with Crippen LogP contribution in [0.5, 0.6) is 0 Å². The Kier molecular flexibility index (Phi) is 4.08. The highest BCUT2D eigenvalue weighted by atomic mass is 35.5. The summed E-state index contributed by atoms with van der Waals surface area (Å²) in [5.41, 5.74) is 0.607. The van der Waals surface area contributed by atoms with Gasteiger partial charge >= 0.3 is 0 Å². The summed E-state index contributed by atoms with van der Waals surface area (Å²) < 4.78 is 14.5. The molecule has 1 aromatic carbocycles. The molecule has 26 heavy (non-hydrogen) atoms. The van der Waals surface area contributed by atoms with Crippen molar-refractivity contribution in [1.82, 2.24) is 19.9 Å². The number of hydrogen-bond donors (Lipinski definition) is 0. The fraction of sp³-hybridized carbons (Fsp3) is 0.167. The van der Waals surface area contributed by atoms with Crippen LogP contribution in [-0.4, -0.2) is 25.8 Å². The number of benzene rings is 1. The molecule has 0 saturated carbocycles. The number of aromatic nitrogens is 4. The van der Waals surface area contributed by atoms with Gasteiger partial charge in [0.05, 0.1) is 6.04 Å². The van der Waals surface area contributed by atoms with Crippen LogP contribution in [-0.2, 0) is 0 Å². The average molecular weight is 370 g/mol. The molecule has 0 saturated heterocycles. The van der Waals surface area contributed by atoms with Crippen LogP contribution in [0.25, 0.3) is 11.6 Å². The van der Waals surface area contributed by atoms with Gasteiger partial charge in [-0.1, -0.05) is 18.5 Å². The molecule has 1 atom stereocenters. The number of hydrogen-bond acceptors (Lipinski definition) is 5. The van der Waals surface area contributed by atoms with Crippen molar-refractivity contribution in [2.75, 3.05) is 4.90 Å². The highest BCUT2D eigenvalue weighted by Gasteiger charge is 2.40. The van der Waals surface area contributed by atoms with E-state index in [0.717, 1.165) is 0 Å². The first-order valence-electron chi connectivity index (χ1n) is 8.03. The molecule has 3 aromatic rings. The van der Waals surface area contributed by atoms with Crippen molar-refractivity contribution in [3.05, 3.63) is 64.8 Å². The SMILES string of the molecule is CCC1c2c(F)cc(Cl)cc2C(=O)N1c1ccnc(-c2ncccn2)n1. The Bertz CT molecular complexity index is 998. The first-order chi connectivity index (χ1) is 12.6. The topological polar surface area (TPSA) is 71.9 Å². The van der Waals surface area contributed by atoms with Crippen molar-refractivity contribution in [3.63, 3.8) is 0 Å². The molecule has 6 nitrogen and oxygen atoms in total. The van der Waals surface area contributed by atoms with E-state index in [-0.39, 0.29) is 16.5 Å². The largest absolute Gasteiger partial charge is 0.285 e. The summed E-state index contributed by atoms with van der Waals surface area (Å²) in [6, 6.07) is 5.55. The molecule has 0 radical (unpaired) electrons. The second kappa shape index (κ2) is 6.42. The van der Waals surface area contributed by atoms with Gasteiger partial charge in [0.2, 0.25) is 0 Å². The zero-order valence-electron chi connectivity index (χ0n) is 13.7. The highest BCUT2D eigenvalue weighted by Crippen LogP contribution is 2.41. The Morgan fingerprint density at radius 1 is 1.15 bits per heavy atom. The molecule has 3 heterocycles. The van der Waals surface area contributed by atoms with E-state index in [1.807, 2.05) is 6.92 Å². The van der Waals surface area contributed by atoms with Crippen LogP contribution in [0, 0.1) is 5.82 Å². The lowest BCUT2D eigenvalue weighted by Crippen LogP contribution is -2.28. The minimum Gasteiger partial charge on any atom is -0.285 e. The molecule has 4 rings (SSSR count). The fourth-order valence-electron chi connectivity index (χ4n) is 3.16. The van der Waals surface area contributed by atoms with Crippen LogP contribution >= 0.6 is 11.6 Å². The van der Waals surface area contributed by atoms with E-state index in [1.165, 1.54) is 23.2 Å². The average Bonchev–Trinajstić information content (AvgIpc) is 2.95. The van der Waals surface area contributed by atoms with E-state index in [4.69, 9.17) is 11.6 Å². The summed E-state index contributed by atoms with van der Waals surface area (Å²) in [7, 11) is 0. The van der Waals surface area contributed by atoms with Crippen molar-refractivity contribution in [3.8, 4) is 11.6 Å². The minimum absolute atomic E-state index is 0.187. The Morgan fingerprint density at radius 3 is 2.62 bits per heavy atom. The summed E-state index contributed by atoms with van der Waals surface area (Å²) in [6.45, 7) is 1.89. The van der Waals surface area contributed by atoms with Gasteiger partial charge in [0.15, 0.2) is 11.6 Å². The maximum Gasteiger partial charge on any atom is 0.260 e. The molecule has 2 aromatic heterocycles. The highest BCUT2D eigenvalue weighted by molar-refractivity contribution is 6.31. The Morgan fingerprint density at radius 2 is 1.88 bits per heavy atom. The number of anilines is 1. The van der Waals surface area contributed by atoms with Gasteiger partial charge in [-0.05, 0) is 30.7 Å². The molecule has 1 aliphatic heterocycles. The number of carbonyl (C=O) groups excluding carboxylic acids is 1. The molecular formula is C18H13ClFN5O. The third kappa shape index (κ3) is 2.61. The third-order valence-electron chi connectivity index (χ3n) is 4.23. The standard InChI is InChI=1S/C18H13ClFN5O/c1-2-13-15-11(8-10(19)9-12(15)20)18(26)25(13)14-4-7-23-17(24-14)16-21-5-3-6-22-16/h3-9,13H,2H2,1H3. The monoisotopic (exact) mass is 369 g/mol. The molecular weight excluding hydrogens is 357 g/mol. The number of fused-ring (bicyclic) bond motifs is 1. The number of halogens is 2. The van der Waals surface area contributed by atoms with Crippen molar-refractivity contribution in [1.29, 1.82) is 0 Å². The van der Waals surface area contributed by atoms with Crippen molar-refractivity contribution < 1.29 is 9.18 Å². The summed E-state index contributed by atoms with van der Waals surface area (Å²) in [4.78, 5) is 31.2. The molecule has 1 unspecified atom stereocenters. The van der Waals surface area contributed by atoms with Gasteiger partial charge in [0.25, 0.3) is 5.91 Å². The quantitative estimate of drug-likeness (QED) is 0.701. The lowest BCUT2D eigenvalue weighted by molar-refractivity contribution is 0.0990. The van der Waals surface area contributed by atoms with Gasteiger partial charge in [0.1, 0.15) is 11.6 Å². The number of rotatable bonds is 3. The zero-order valence-corrected chi connectivity index (χ0v) is 14.5. The molecule has 0 N–H and O–H groups in total. The van der Waals surface area contributed by atoms with Crippen LogP contribution in [0.15, 0.2) is 42.9 Å². The predicted molar refractivity (Wildman–Crippen MR) is 94.3 cm³/mol. The van der Waals surface area contributed by atoms with E-state index in [1.54, 1.807) is 24.5 Å². The first kappa shape index (κ1) is 16.5.